The fourth-order valence-electron chi connectivity index (χ4n) is 2.40. The highest BCUT2D eigenvalue weighted by Crippen LogP contribution is 2.35. The van der Waals surface area contributed by atoms with Crippen LogP contribution in [0.1, 0.15) is 12.5 Å². The lowest BCUT2D eigenvalue weighted by molar-refractivity contribution is 0.705. The summed E-state index contributed by atoms with van der Waals surface area (Å²) in [4.78, 5) is 17.7. The van der Waals surface area contributed by atoms with E-state index in [0.717, 1.165) is 26.2 Å². The van der Waals surface area contributed by atoms with Crippen molar-refractivity contribution in [3.63, 3.8) is 0 Å². The Kier molecular flexibility index (Phi) is 3.31. The number of aryl methyl sites for hydroxylation is 1. The molecule has 1 N–H and O–H groups in total. The SMILES string of the molecule is CCn1c(=S)[nH]c2sc(-c3ccccc3)c(C)c2c1=O. The minimum Gasteiger partial charge on any atom is -0.323 e. The van der Waals surface area contributed by atoms with E-state index in [9.17, 15) is 4.79 Å². The molecule has 5 heteroatoms. The summed E-state index contributed by atoms with van der Waals surface area (Å²) in [5.74, 6) is 0. The smallest absolute Gasteiger partial charge is 0.263 e. The van der Waals surface area contributed by atoms with Crippen molar-refractivity contribution in [3.8, 4) is 10.4 Å². The molecule has 3 nitrogen and oxygen atoms in total. The summed E-state index contributed by atoms with van der Waals surface area (Å²) >= 11 is 6.84. The van der Waals surface area contributed by atoms with Crippen molar-refractivity contribution in [1.82, 2.24) is 9.55 Å². The van der Waals surface area contributed by atoms with E-state index in [1.54, 1.807) is 15.9 Å². The minimum atomic E-state index is 0.00202. The second-order valence-electron chi connectivity index (χ2n) is 4.61. The molecule has 20 heavy (non-hydrogen) atoms. The molecule has 0 aliphatic rings. The van der Waals surface area contributed by atoms with E-state index < -0.39 is 0 Å². The zero-order chi connectivity index (χ0) is 14.3. The monoisotopic (exact) mass is 302 g/mol. The summed E-state index contributed by atoms with van der Waals surface area (Å²) in [5, 5.41) is 0.754. The Hall–Kier alpha value is -1.72. The standard InChI is InChI=1S/C15H14N2OS2/c1-3-17-14(18)11-9(2)12(10-7-5-4-6-8-10)20-13(11)16-15(17)19/h4-8H,3H2,1-2H3,(H,16,19). The fourth-order valence-corrected chi connectivity index (χ4v) is 3.99. The lowest BCUT2D eigenvalue weighted by Gasteiger charge is -2.02. The van der Waals surface area contributed by atoms with E-state index in [1.807, 2.05) is 32.0 Å². The highest BCUT2D eigenvalue weighted by Gasteiger charge is 2.15. The Bertz CT molecular complexity index is 888. The molecule has 0 saturated heterocycles. The number of nitrogens with zero attached hydrogens (tertiary/aromatic N) is 1. The molecule has 0 bridgehead atoms. The first-order valence-corrected chi connectivity index (χ1v) is 7.67. The molecule has 0 fully saturated rings. The number of hydrogen-bond acceptors (Lipinski definition) is 3. The molecule has 2 aromatic heterocycles. The van der Waals surface area contributed by atoms with E-state index in [4.69, 9.17) is 12.2 Å². The van der Waals surface area contributed by atoms with E-state index in [1.165, 1.54) is 0 Å². The molecule has 0 spiro atoms. The van der Waals surface area contributed by atoms with Crippen LogP contribution in [0.5, 0.6) is 0 Å². The van der Waals surface area contributed by atoms with Gasteiger partial charge in [0.2, 0.25) is 0 Å². The van der Waals surface area contributed by atoms with Crippen LogP contribution in [0.2, 0.25) is 0 Å². The number of aromatic nitrogens is 2. The Labute approximate surface area is 125 Å². The van der Waals surface area contributed by atoms with Crippen LogP contribution in [0.4, 0.5) is 0 Å². The lowest BCUT2D eigenvalue weighted by atomic mass is 10.1. The topological polar surface area (TPSA) is 37.8 Å². The predicted molar refractivity (Wildman–Crippen MR) is 87.1 cm³/mol. The Morgan fingerprint density at radius 1 is 1.30 bits per heavy atom. The van der Waals surface area contributed by atoms with Crippen molar-refractivity contribution in [1.29, 1.82) is 0 Å². The summed E-state index contributed by atoms with van der Waals surface area (Å²) in [6.07, 6.45) is 0. The minimum absolute atomic E-state index is 0.00202. The third-order valence-corrected chi connectivity index (χ3v) is 5.00. The number of nitrogens with one attached hydrogen (secondary N) is 1. The van der Waals surface area contributed by atoms with Gasteiger partial charge in [0.1, 0.15) is 4.83 Å². The molecular formula is C15H14N2OS2. The third kappa shape index (κ3) is 1.94. The molecule has 0 unspecified atom stereocenters. The van der Waals surface area contributed by atoms with Gasteiger partial charge in [0, 0.05) is 11.4 Å². The number of benzene rings is 1. The van der Waals surface area contributed by atoms with E-state index in [-0.39, 0.29) is 5.56 Å². The van der Waals surface area contributed by atoms with Gasteiger partial charge in [-0.25, -0.2) is 0 Å². The van der Waals surface area contributed by atoms with Crippen LogP contribution in [0.3, 0.4) is 0 Å². The maximum Gasteiger partial charge on any atom is 0.263 e. The average Bonchev–Trinajstić information content (AvgIpc) is 2.77. The van der Waals surface area contributed by atoms with Gasteiger partial charge < -0.3 is 4.98 Å². The molecule has 0 amide bonds. The van der Waals surface area contributed by atoms with Gasteiger partial charge in [0.05, 0.1) is 5.39 Å². The van der Waals surface area contributed by atoms with Gasteiger partial charge in [-0.2, -0.15) is 0 Å². The molecule has 3 rings (SSSR count). The number of hydrogen-bond donors (Lipinski definition) is 1. The van der Waals surface area contributed by atoms with Crippen LogP contribution >= 0.6 is 23.6 Å². The van der Waals surface area contributed by atoms with Crippen LogP contribution in [-0.4, -0.2) is 9.55 Å². The summed E-state index contributed by atoms with van der Waals surface area (Å²) in [6, 6.07) is 10.1. The van der Waals surface area contributed by atoms with Crippen LogP contribution in [-0.2, 0) is 6.54 Å². The molecule has 0 aliphatic carbocycles. The van der Waals surface area contributed by atoms with Crippen LogP contribution in [0, 0.1) is 11.7 Å². The number of H-pyrrole nitrogens is 1. The molecule has 0 saturated carbocycles. The predicted octanol–water partition coefficient (Wildman–Crippen LogP) is 4.12. The number of rotatable bonds is 2. The summed E-state index contributed by atoms with van der Waals surface area (Å²) < 4.78 is 2.09. The van der Waals surface area contributed by atoms with Crippen LogP contribution in [0.25, 0.3) is 20.7 Å². The van der Waals surface area contributed by atoms with Crippen molar-refractivity contribution in [2.75, 3.05) is 0 Å². The van der Waals surface area contributed by atoms with Crippen LogP contribution < -0.4 is 5.56 Å². The van der Waals surface area contributed by atoms with E-state index in [2.05, 4.69) is 17.1 Å². The van der Waals surface area contributed by atoms with E-state index >= 15 is 0 Å². The molecule has 0 aliphatic heterocycles. The van der Waals surface area contributed by atoms with Gasteiger partial charge in [-0.1, -0.05) is 30.3 Å². The molecule has 1 aromatic carbocycles. The van der Waals surface area contributed by atoms with Gasteiger partial charge in [-0.15, -0.1) is 11.3 Å². The maximum absolute atomic E-state index is 12.5. The molecule has 2 heterocycles. The summed E-state index contributed by atoms with van der Waals surface area (Å²) in [5.41, 5.74) is 2.16. The average molecular weight is 302 g/mol. The highest BCUT2D eigenvalue weighted by molar-refractivity contribution is 7.71. The van der Waals surface area contributed by atoms with Gasteiger partial charge >= 0.3 is 0 Å². The maximum atomic E-state index is 12.5. The van der Waals surface area contributed by atoms with Crippen molar-refractivity contribution in [3.05, 3.63) is 51.0 Å². The Balaban J connectivity index is 2.40. The molecule has 102 valence electrons. The van der Waals surface area contributed by atoms with Gasteiger partial charge in [-0.05, 0) is 37.2 Å². The van der Waals surface area contributed by atoms with Crippen molar-refractivity contribution < 1.29 is 0 Å². The summed E-state index contributed by atoms with van der Waals surface area (Å²) in [6.45, 7) is 4.51. The van der Waals surface area contributed by atoms with Gasteiger partial charge in [-0.3, -0.25) is 9.36 Å². The number of aromatic amines is 1. The zero-order valence-corrected chi connectivity index (χ0v) is 12.9. The molecule has 3 aromatic rings. The first-order valence-electron chi connectivity index (χ1n) is 6.45. The van der Waals surface area contributed by atoms with Gasteiger partial charge in [0.25, 0.3) is 5.56 Å². The highest BCUT2D eigenvalue weighted by atomic mass is 32.1. The number of thiophene rings is 1. The fraction of sp³-hybridized carbons (Fsp3) is 0.200. The second kappa shape index (κ2) is 5.00. The number of fused-ring (bicyclic) bond motifs is 1. The van der Waals surface area contributed by atoms with Crippen molar-refractivity contribution >= 4 is 33.8 Å². The Morgan fingerprint density at radius 2 is 2.00 bits per heavy atom. The second-order valence-corrected chi connectivity index (χ2v) is 6.01. The lowest BCUT2D eigenvalue weighted by Crippen LogP contribution is -2.20. The first kappa shape index (κ1) is 13.3. The molecule has 0 radical (unpaired) electrons. The molecular weight excluding hydrogens is 288 g/mol. The normalized spacial score (nSPS) is 11.1. The largest absolute Gasteiger partial charge is 0.323 e. The molecule has 0 atom stereocenters. The zero-order valence-electron chi connectivity index (χ0n) is 11.3. The van der Waals surface area contributed by atoms with Crippen molar-refractivity contribution in [2.24, 2.45) is 0 Å². The quantitative estimate of drug-likeness (QED) is 0.723. The Morgan fingerprint density at radius 3 is 2.65 bits per heavy atom. The summed E-state index contributed by atoms with van der Waals surface area (Å²) in [7, 11) is 0. The van der Waals surface area contributed by atoms with E-state index in [0.29, 0.717) is 11.3 Å². The van der Waals surface area contributed by atoms with Gasteiger partial charge in [0.15, 0.2) is 4.77 Å². The first-order chi connectivity index (χ1) is 9.63. The van der Waals surface area contributed by atoms with Crippen LogP contribution in [0.15, 0.2) is 35.1 Å². The third-order valence-electron chi connectivity index (χ3n) is 3.42. The van der Waals surface area contributed by atoms with Crippen molar-refractivity contribution in [2.45, 2.75) is 20.4 Å².